The molecule has 264 valence electrons. The first-order valence-electron chi connectivity index (χ1n) is 17.8. The number of allylic oxidation sites excluding steroid dienone is 2. The van der Waals surface area contributed by atoms with Crippen LogP contribution in [0.2, 0.25) is 0 Å². The number of hydrogen-bond donors (Lipinski definition) is 1. The van der Waals surface area contributed by atoms with Crippen LogP contribution in [0.1, 0.15) is 130 Å². The fourth-order valence-corrected chi connectivity index (χ4v) is 7.88. The molecule has 2 amide bonds. The van der Waals surface area contributed by atoms with Gasteiger partial charge >= 0.3 is 12.2 Å². The van der Waals surface area contributed by atoms with Crippen LogP contribution in [-0.4, -0.2) is 77.9 Å². The minimum Gasteiger partial charge on any atom is -0.465 e. The van der Waals surface area contributed by atoms with E-state index in [0.29, 0.717) is 18.6 Å². The highest BCUT2D eigenvalue weighted by atomic mass is 16.6. The van der Waals surface area contributed by atoms with Crippen LogP contribution in [0.5, 0.6) is 0 Å². The predicted molar refractivity (Wildman–Crippen MR) is 190 cm³/mol. The van der Waals surface area contributed by atoms with Crippen LogP contribution >= 0.6 is 0 Å². The van der Waals surface area contributed by atoms with Crippen molar-refractivity contribution in [2.75, 3.05) is 19.6 Å². The van der Waals surface area contributed by atoms with Gasteiger partial charge < -0.3 is 19.6 Å². The monoisotopic (exact) mass is 662 g/mol. The molecule has 1 N–H and O–H groups in total. The molecule has 2 aliphatic heterocycles. The largest absolute Gasteiger partial charge is 0.465 e. The molecule has 6 rings (SSSR count). The van der Waals surface area contributed by atoms with E-state index in [4.69, 9.17) is 4.74 Å². The van der Waals surface area contributed by atoms with Gasteiger partial charge in [-0.1, -0.05) is 32.9 Å². The molecule has 2 fully saturated rings. The highest BCUT2D eigenvalue weighted by Gasteiger charge is 2.46. The van der Waals surface area contributed by atoms with Crippen molar-refractivity contribution < 1.29 is 19.4 Å². The molecular weight excluding hydrogens is 604 g/mol. The Morgan fingerprint density at radius 3 is 1.75 bits per heavy atom. The Morgan fingerprint density at radius 1 is 0.812 bits per heavy atom. The Bertz CT molecular complexity index is 1540. The van der Waals surface area contributed by atoms with Gasteiger partial charge in [-0.05, 0) is 127 Å². The summed E-state index contributed by atoms with van der Waals surface area (Å²) in [4.78, 5) is 27.4. The second kappa shape index (κ2) is 13.0. The van der Waals surface area contributed by atoms with E-state index in [1.165, 1.54) is 22.5 Å². The normalized spacial score (nSPS) is 23.3. The highest BCUT2D eigenvalue weighted by Crippen LogP contribution is 2.47. The summed E-state index contributed by atoms with van der Waals surface area (Å²) in [5, 5.41) is 18.7. The van der Waals surface area contributed by atoms with Gasteiger partial charge in [-0.25, -0.2) is 9.59 Å². The maximum atomic E-state index is 12.2. The molecule has 2 aromatic heterocycles. The molecule has 2 aromatic rings. The van der Waals surface area contributed by atoms with E-state index in [9.17, 15) is 14.7 Å². The SMILES string of the molecule is CC(C)n1ncc2c1C=CC1(CCN(C(=O)O)C(C(C)(C)C)C1)C2.CC(C)n1ncc2c1C=CC1(CCN(C(=O)OC(C)(C)C)CC1)C2. The first kappa shape index (κ1) is 35.7. The first-order chi connectivity index (χ1) is 22.3. The van der Waals surface area contributed by atoms with Crippen molar-refractivity contribution in [3.8, 4) is 0 Å². The Morgan fingerprint density at radius 2 is 1.29 bits per heavy atom. The van der Waals surface area contributed by atoms with Gasteiger partial charge in [-0.15, -0.1) is 0 Å². The molecular formula is C38H58N6O4. The number of carbonyl (C=O) groups excluding carboxylic acids is 1. The fourth-order valence-electron chi connectivity index (χ4n) is 7.88. The number of carboxylic acid groups (broad SMARTS) is 1. The van der Waals surface area contributed by atoms with Crippen molar-refractivity contribution >= 4 is 24.3 Å². The van der Waals surface area contributed by atoms with E-state index in [1.807, 2.05) is 38.1 Å². The molecule has 0 bridgehead atoms. The number of hydrogen-bond acceptors (Lipinski definition) is 5. The first-order valence-corrected chi connectivity index (χ1v) is 17.8. The van der Waals surface area contributed by atoms with E-state index >= 15 is 0 Å². The van der Waals surface area contributed by atoms with Crippen molar-refractivity contribution in [2.24, 2.45) is 16.2 Å². The van der Waals surface area contributed by atoms with Gasteiger partial charge in [-0.2, -0.15) is 10.2 Å². The number of amides is 2. The molecule has 4 aliphatic rings. The Labute approximate surface area is 287 Å². The molecule has 2 unspecified atom stereocenters. The van der Waals surface area contributed by atoms with Crippen LogP contribution in [0.3, 0.4) is 0 Å². The van der Waals surface area contributed by atoms with Crippen molar-refractivity contribution in [3.63, 3.8) is 0 Å². The third kappa shape index (κ3) is 7.52. The second-order valence-corrected chi connectivity index (χ2v) is 17.2. The molecule has 2 aliphatic carbocycles. The molecule has 48 heavy (non-hydrogen) atoms. The highest BCUT2D eigenvalue weighted by molar-refractivity contribution is 5.68. The maximum Gasteiger partial charge on any atom is 0.410 e. The predicted octanol–water partition coefficient (Wildman–Crippen LogP) is 8.26. The van der Waals surface area contributed by atoms with E-state index in [2.05, 4.69) is 92.3 Å². The van der Waals surface area contributed by atoms with Crippen molar-refractivity contribution in [1.82, 2.24) is 29.4 Å². The third-order valence-electron chi connectivity index (χ3n) is 10.6. The number of ether oxygens (including phenoxy) is 1. The van der Waals surface area contributed by atoms with Gasteiger partial charge in [0.1, 0.15) is 5.60 Å². The van der Waals surface area contributed by atoms with Gasteiger partial charge in [0.15, 0.2) is 0 Å². The smallest absolute Gasteiger partial charge is 0.410 e. The van der Waals surface area contributed by atoms with E-state index in [-0.39, 0.29) is 28.4 Å². The lowest BCUT2D eigenvalue weighted by atomic mass is 9.65. The zero-order chi connectivity index (χ0) is 35.2. The zero-order valence-corrected chi connectivity index (χ0v) is 30.9. The lowest BCUT2D eigenvalue weighted by Crippen LogP contribution is -2.54. The number of nitrogens with zero attached hydrogens (tertiary/aromatic N) is 6. The average molecular weight is 663 g/mol. The molecule has 0 aromatic carbocycles. The fraction of sp³-hybridized carbons (Fsp3) is 0.684. The van der Waals surface area contributed by atoms with Gasteiger partial charge in [0.2, 0.25) is 0 Å². The second-order valence-electron chi connectivity index (χ2n) is 17.2. The number of aromatic nitrogens is 4. The van der Waals surface area contributed by atoms with E-state index < -0.39 is 11.7 Å². The van der Waals surface area contributed by atoms with Crippen molar-refractivity contribution in [2.45, 2.75) is 131 Å². The van der Waals surface area contributed by atoms with Crippen molar-refractivity contribution in [3.05, 3.63) is 47.1 Å². The Hall–Kier alpha value is -3.56. The Balaban J connectivity index is 0.000000188. The maximum absolute atomic E-state index is 12.2. The summed E-state index contributed by atoms with van der Waals surface area (Å²) in [5.41, 5.74) is 4.80. The van der Waals surface area contributed by atoms with Gasteiger partial charge in [-0.3, -0.25) is 9.36 Å². The summed E-state index contributed by atoms with van der Waals surface area (Å²) in [6.07, 6.45) is 17.9. The quantitative estimate of drug-likeness (QED) is 0.347. The summed E-state index contributed by atoms with van der Waals surface area (Å²) in [6.45, 7) is 22.9. The van der Waals surface area contributed by atoms with Crippen LogP contribution in [0.4, 0.5) is 9.59 Å². The molecule has 0 saturated carbocycles. The zero-order valence-electron chi connectivity index (χ0n) is 30.9. The van der Waals surface area contributed by atoms with E-state index in [1.54, 1.807) is 4.90 Å². The van der Waals surface area contributed by atoms with E-state index in [0.717, 1.165) is 51.6 Å². The minimum absolute atomic E-state index is 0.0371. The molecule has 10 nitrogen and oxygen atoms in total. The van der Waals surface area contributed by atoms with Gasteiger partial charge in [0.25, 0.3) is 0 Å². The molecule has 2 atom stereocenters. The lowest BCUT2D eigenvalue weighted by Gasteiger charge is -2.50. The standard InChI is InChI=1S/2C19H29N3O2/c1-14(2)22-16-6-7-19(12-15(16)13-20-22)8-10-21(11-9-19)17(23)24-18(3,4)5;1-13(2)22-15-6-7-19(10-14(15)12-20-22)8-9-21(17(23)24)16(11-19)18(3,4)5/h6-7,13-14H,8-12H2,1-5H3;6-7,12-13,16H,8-11H2,1-5H3,(H,23,24). The topological polar surface area (TPSA) is 106 Å². The number of likely N-dealkylation sites (tertiary alicyclic amines) is 2. The number of piperidine rings is 2. The number of rotatable bonds is 2. The van der Waals surface area contributed by atoms with Gasteiger partial charge in [0, 0.05) is 37.8 Å². The molecule has 2 saturated heterocycles. The summed E-state index contributed by atoms with van der Waals surface area (Å²) in [7, 11) is 0. The van der Waals surface area contributed by atoms with Crippen LogP contribution < -0.4 is 0 Å². The Kier molecular flexibility index (Phi) is 9.71. The van der Waals surface area contributed by atoms with Crippen LogP contribution in [0.25, 0.3) is 12.2 Å². The molecule has 4 heterocycles. The molecule has 10 heteroatoms. The minimum atomic E-state index is -0.794. The lowest BCUT2D eigenvalue weighted by molar-refractivity contribution is 0.0142. The summed E-state index contributed by atoms with van der Waals surface area (Å²) < 4.78 is 9.66. The summed E-state index contributed by atoms with van der Waals surface area (Å²) in [6, 6.07) is 0.764. The van der Waals surface area contributed by atoms with Crippen LogP contribution in [0, 0.1) is 16.2 Å². The third-order valence-corrected chi connectivity index (χ3v) is 10.6. The van der Waals surface area contributed by atoms with Gasteiger partial charge in [0.05, 0.1) is 23.8 Å². The molecule has 2 spiro atoms. The number of fused-ring (bicyclic) bond motifs is 2. The van der Waals surface area contributed by atoms with Crippen molar-refractivity contribution in [1.29, 1.82) is 0 Å². The molecule has 0 radical (unpaired) electrons. The summed E-state index contributed by atoms with van der Waals surface area (Å²) in [5.74, 6) is 0. The van der Waals surface area contributed by atoms with Crippen LogP contribution in [0.15, 0.2) is 24.5 Å². The van der Waals surface area contributed by atoms with Crippen LogP contribution in [-0.2, 0) is 17.6 Å². The summed E-state index contributed by atoms with van der Waals surface area (Å²) >= 11 is 0. The number of carbonyl (C=O) groups is 2. The average Bonchev–Trinajstić information content (AvgIpc) is 3.60.